The van der Waals surface area contributed by atoms with Crippen molar-refractivity contribution in [3.05, 3.63) is 65.2 Å². The monoisotopic (exact) mass is 393 g/mol. The van der Waals surface area contributed by atoms with Crippen LogP contribution in [0.3, 0.4) is 0 Å². The smallest absolute Gasteiger partial charge is 0.475 e. The maximum Gasteiger partial charge on any atom is 0.475 e. The summed E-state index contributed by atoms with van der Waals surface area (Å²) in [5.74, 6) is -0.0301. The van der Waals surface area contributed by atoms with E-state index in [0.717, 1.165) is 28.9 Å². The minimum absolute atomic E-state index is 0.0266. The van der Waals surface area contributed by atoms with Gasteiger partial charge in [0.2, 0.25) is 6.41 Å². The van der Waals surface area contributed by atoms with Crippen LogP contribution >= 0.6 is 0 Å². The van der Waals surface area contributed by atoms with Gasteiger partial charge in [0.15, 0.2) is 5.72 Å². The van der Waals surface area contributed by atoms with E-state index in [1.54, 1.807) is 0 Å². The number of amides is 1. The Hall–Kier alpha value is -2.35. The predicted octanol–water partition coefficient (Wildman–Crippen LogP) is 2.28. The summed E-state index contributed by atoms with van der Waals surface area (Å²) in [7, 11) is -1.69. The van der Waals surface area contributed by atoms with Crippen molar-refractivity contribution in [2.24, 2.45) is 0 Å². The molecule has 1 saturated heterocycles. The molecule has 0 aromatic heterocycles. The molecule has 1 amide bonds. The Morgan fingerprint density at radius 2 is 1.90 bits per heavy atom. The van der Waals surface area contributed by atoms with Gasteiger partial charge in [-0.25, -0.2) is 0 Å². The lowest BCUT2D eigenvalue weighted by Gasteiger charge is -2.42. The van der Waals surface area contributed by atoms with E-state index >= 15 is 0 Å². The second-order valence-electron chi connectivity index (χ2n) is 8.44. The highest BCUT2D eigenvalue weighted by Crippen LogP contribution is 2.59. The average molecular weight is 393 g/mol. The van der Waals surface area contributed by atoms with Crippen LogP contribution in [-0.2, 0) is 20.9 Å². The Labute approximate surface area is 170 Å². The van der Waals surface area contributed by atoms with Crippen molar-refractivity contribution in [1.82, 2.24) is 4.90 Å². The van der Waals surface area contributed by atoms with E-state index in [0.29, 0.717) is 25.9 Å². The molecule has 0 saturated carbocycles. The molecule has 2 bridgehead atoms. The number of hydrogen-bond acceptors (Lipinski definition) is 5. The molecular weight excluding hydrogens is 369 g/mol. The highest BCUT2D eigenvalue weighted by molar-refractivity contribution is 6.43. The van der Waals surface area contributed by atoms with Gasteiger partial charge in [-0.15, -0.1) is 0 Å². The van der Waals surface area contributed by atoms with E-state index < -0.39 is 24.4 Å². The normalized spacial score (nSPS) is 29.7. The number of ether oxygens (including phenoxy) is 2. The maximum absolute atomic E-state index is 12.3. The van der Waals surface area contributed by atoms with Crippen molar-refractivity contribution in [2.45, 2.75) is 49.4 Å². The van der Waals surface area contributed by atoms with Gasteiger partial charge < -0.3 is 24.4 Å². The van der Waals surface area contributed by atoms with Crippen LogP contribution < -0.4 is 4.74 Å². The van der Waals surface area contributed by atoms with E-state index in [2.05, 4.69) is 0 Å². The van der Waals surface area contributed by atoms with E-state index in [1.165, 1.54) is 4.90 Å². The molecule has 5 rings (SSSR count). The van der Waals surface area contributed by atoms with Crippen molar-refractivity contribution >= 4 is 13.5 Å². The first-order chi connectivity index (χ1) is 14.0. The third-order valence-electron chi connectivity index (χ3n) is 6.81. The minimum Gasteiger partial charge on any atom is -0.493 e. The van der Waals surface area contributed by atoms with Gasteiger partial charge in [-0.1, -0.05) is 42.5 Å². The first kappa shape index (κ1) is 18.7. The second-order valence-corrected chi connectivity index (χ2v) is 8.44. The molecule has 0 aliphatic carbocycles. The number of nitrogens with zero attached hydrogens (tertiary/aromatic N) is 1. The van der Waals surface area contributed by atoms with E-state index in [9.17, 15) is 14.8 Å². The van der Waals surface area contributed by atoms with Crippen LogP contribution in [0.2, 0.25) is 0 Å². The van der Waals surface area contributed by atoms with Gasteiger partial charge in [-0.2, -0.15) is 0 Å². The molecule has 0 unspecified atom stereocenters. The third kappa shape index (κ3) is 2.65. The number of fused-ring (bicyclic) bond motifs is 6. The first-order valence-electron chi connectivity index (χ1n) is 10.1. The lowest BCUT2D eigenvalue weighted by molar-refractivity contribution is -0.179. The zero-order valence-electron chi connectivity index (χ0n) is 16.3. The zero-order valence-corrected chi connectivity index (χ0v) is 16.3. The topological polar surface area (TPSA) is 79.2 Å². The molecule has 3 heterocycles. The van der Waals surface area contributed by atoms with Gasteiger partial charge in [-0.05, 0) is 31.4 Å². The molecule has 7 heteroatoms. The lowest BCUT2D eigenvalue weighted by atomic mass is 9.70. The summed E-state index contributed by atoms with van der Waals surface area (Å²) in [6.45, 7) is 2.49. The van der Waals surface area contributed by atoms with E-state index in [-0.39, 0.29) is 5.92 Å². The number of benzene rings is 2. The second kappa shape index (κ2) is 6.59. The summed E-state index contributed by atoms with van der Waals surface area (Å²) in [6, 6.07) is 15.7. The van der Waals surface area contributed by atoms with Crippen molar-refractivity contribution < 1.29 is 24.3 Å². The largest absolute Gasteiger partial charge is 0.493 e. The fraction of sp³-hybridized carbons (Fsp3) is 0.409. The standard InChI is InChI=1S/C22H24BNO5/c1-21-10-11-22(29-21,18-8-4-3-7-17(18)21)24(14-25)20(23(26)27)12-15-13-28-19-9-5-2-6-16(15)19/h2-9,14-15,20,26-27H,10-13H2,1H3/t15-,20+,21-,22+/m1/s1. The molecule has 0 spiro atoms. The SMILES string of the molecule is C[C@]12CC[C@](N(C=O)[C@@H](C[C@@H]3COc4ccccc43)B(O)O)(O1)c1ccccc12. The lowest BCUT2D eigenvalue weighted by Crippen LogP contribution is -2.56. The van der Waals surface area contributed by atoms with Crippen LogP contribution in [0.15, 0.2) is 48.5 Å². The van der Waals surface area contributed by atoms with Crippen LogP contribution in [0.1, 0.15) is 48.8 Å². The van der Waals surface area contributed by atoms with Crippen molar-refractivity contribution in [2.75, 3.05) is 6.61 Å². The van der Waals surface area contributed by atoms with Gasteiger partial charge >= 0.3 is 7.12 Å². The van der Waals surface area contributed by atoms with Gasteiger partial charge in [0.25, 0.3) is 0 Å². The summed E-state index contributed by atoms with van der Waals surface area (Å²) < 4.78 is 12.2. The Kier molecular flexibility index (Phi) is 4.24. The highest BCUT2D eigenvalue weighted by Gasteiger charge is 2.61. The molecule has 2 aromatic carbocycles. The molecule has 0 radical (unpaired) electrons. The highest BCUT2D eigenvalue weighted by atomic mass is 16.6. The maximum atomic E-state index is 12.3. The summed E-state index contributed by atoms with van der Waals surface area (Å²) in [5, 5.41) is 20.6. The Morgan fingerprint density at radius 3 is 2.66 bits per heavy atom. The predicted molar refractivity (Wildman–Crippen MR) is 107 cm³/mol. The number of hydrogen-bond donors (Lipinski definition) is 2. The molecule has 3 aliphatic rings. The Bertz CT molecular complexity index is 952. The number of para-hydroxylation sites is 1. The number of carbonyl (C=O) groups excluding carboxylic acids is 1. The molecule has 4 atom stereocenters. The Morgan fingerprint density at radius 1 is 1.17 bits per heavy atom. The quantitative estimate of drug-likeness (QED) is 0.582. The van der Waals surface area contributed by atoms with Gasteiger partial charge in [0, 0.05) is 23.5 Å². The summed E-state index contributed by atoms with van der Waals surface area (Å²) >= 11 is 0. The first-order valence-corrected chi connectivity index (χ1v) is 10.1. The number of rotatable bonds is 6. The molecule has 29 heavy (non-hydrogen) atoms. The van der Waals surface area contributed by atoms with Gasteiger partial charge in [0.05, 0.1) is 18.1 Å². The molecule has 2 aromatic rings. The fourth-order valence-electron chi connectivity index (χ4n) is 5.39. The zero-order chi connectivity index (χ0) is 20.2. The molecule has 1 fully saturated rings. The average Bonchev–Trinajstić information content (AvgIpc) is 3.37. The van der Waals surface area contributed by atoms with Crippen LogP contribution in [0, 0.1) is 0 Å². The summed E-state index contributed by atoms with van der Waals surface area (Å²) in [4.78, 5) is 13.8. The van der Waals surface area contributed by atoms with Crippen LogP contribution in [0.5, 0.6) is 5.75 Å². The van der Waals surface area contributed by atoms with Crippen molar-refractivity contribution in [3.8, 4) is 5.75 Å². The molecule has 150 valence electrons. The van der Waals surface area contributed by atoms with Gasteiger partial charge in [0.1, 0.15) is 5.75 Å². The molecule has 3 aliphatic heterocycles. The van der Waals surface area contributed by atoms with Crippen LogP contribution in [-0.4, -0.2) is 41.0 Å². The molecule has 2 N–H and O–H groups in total. The van der Waals surface area contributed by atoms with Crippen LogP contribution in [0.4, 0.5) is 0 Å². The van der Waals surface area contributed by atoms with E-state index in [4.69, 9.17) is 9.47 Å². The van der Waals surface area contributed by atoms with E-state index in [1.807, 2.05) is 55.5 Å². The third-order valence-corrected chi connectivity index (χ3v) is 6.81. The van der Waals surface area contributed by atoms with Crippen molar-refractivity contribution in [3.63, 3.8) is 0 Å². The number of carbonyl (C=O) groups is 1. The fourth-order valence-corrected chi connectivity index (χ4v) is 5.39. The molecule has 6 nitrogen and oxygen atoms in total. The minimum atomic E-state index is -1.69. The van der Waals surface area contributed by atoms with Gasteiger partial charge in [-0.3, -0.25) is 4.79 Å². The summed E-state index contributed by atoms with van der Waals surface area (Å²) in [5.41, 5.74) is 1.60. The summed E-state index contributed by atoms with van der Waals surface area (Å²) in [6.07, 6.45) is 2.48. The molecular formula is C22H24BNO5. The van der Waals surface area contributed by atoms with Crippen molar-refractivity contribution in [1.29, 1.82) is 0 Å². The van der Waals surface area contributed by atoms with Crippen LogP contribution in [0.25, 0.3) is 0 Å². The Balaban J connectivity index is 1.51.